The second-order valence-electron chi connectivity index (χ2n) is 5.41. The molecule has 0 amide bonds. The molecule has 21 heavy (non-hydrogen) atoms. The fourth-order valence-electron chi connectivity index (χ4n) is 2.43. The molecule has 5 heteroatoms. The Morgan fingerprint density at radius 3 is 2.57 bits per heavy atom. The normalized spacial score (nSPS) is 11.0. The van der Waals surface area contributed by atoms with Gasteiger partial charge in [-0.1, -0.05) is 6.07 Å². The highest BCUT2D eigenvalue weighted by Crippen LogP contribution is 2.27. The molecule has 0 aliphatic carbocycles. The molecule has 0 unspecified atom stereocenters. The van der Waals surface area contributed by atoms with Gasteiger partial charge in [-0.15, -0.1) is 0 Å². The lowest BCUT2D eigenvalue weighted by molar-refractivity contribution is 0.412. The molecule has 4 nitrogen and oxygen atoms in total. The van der Waals surface area contributed by atoms with E-state index in [1.54, 1.807) is 7.11 Å². The van der Waals surface area contributed by atoms with Gasteiger partial charge < -0.3 is 10.1 Å². The molecule has 1 aromatic carbocycles. The van der Waals surface area contributed by atoms with E-state index in [9.17, 15) is 0 Å². The van der Waals surface area contributed by atoms with Crippen LogP contribution in [0.2, 0.25) is 0 Å². The van der Waals surface area contributed by atoms with E-state index in [0.29, 0.717) is 6.04 Å². The van der Waals surface area contributed by atoms with Gasteiger partial charge in [-0.25, -0.2) is 0 Å². The van der Waals surface area contributed by atoms with Gasteiger partial charge in [-0.05, 0) is 61.3 Å². The van der Waals surface area contributed by atoms with Crippen LogP contribution in [0.3, 0.4) is 0 Å². The Labute approximate surface area is 134 Å². The summed E-state index contributed by atoms with van der Waals surface area (Å²) in [6, 6.07) is 6.48. The summed E-state index contributed by atoms with van der Waals surface area (Å²) in [6.07, 6.45) is 0. The summed E-state index contributed by atoms with van der Waals surface area (Å²) in [5, 5.41) is 8.08. The molecule has 0 radical (unpaired) electrons. The number of nitrogens with zero attached hydrogens (tertiary/aromatic N) is 2. The monoisotopic (exact) mass is 351 g/mol. The summed E-state index contributed by atoms with van der Waals surface area (Å²) in [5.74, 6) is 0.846. The minimum Gasteiger partial charge on any atom is -0.496 e. The molecule has 1 N–H and O–H groups in total. The SMILES string of the molecule is COc1ccc(CNc2c(C)nn(C(C)C)c2C)cc1Br. The number of methoxy groups -OCH3 is 1. The van der Waals surface area contributed by atoms with Crippen LogP contribution < -0.4 is 10.1 Å². The zero-order valence-corrected chi connectivity index (χ0v) is 14.8. The van der Waals surface area contributed by atoms with Gasteiger partial charge in [0.15, 0.2) is 0 Å². The van der Waals surface area contributed by atoms with Crippen LogP contribution in [0, 0.1) is 13.8 Å². The molecule has 0 atom stereocenters. The average Bonchev–Trinajstić information content (AvgIpc) is 2.72. The lowest BCUT2D eigenvalue weighted by atomic mass is 10.2. The van der Waals surface area contributed by atoms with Crippen LogP contribution in [-0.2, 0) is 6.54 Å². The van der Waals surface area contributed by atoms with Crippen LogP contribution in [0.4, 0.5) is 5.69 Å². The smallest absolute Gasteiger partial charge is 0.133 e. The maximum Gasteiger partial charge on any atom is 0.133 e. The molecule has 0 saturated carbocycles. The van der Waals surface area contributed by atoms with Gasteiger partial charge in [0, 0.05) is 12.6 Å². The first-order valence-corrected chi connectivity index (χ1v) is 7.85. The molecule has 1 aromatic heterocycles. The predicted molar refractivity (Wildman–Crippen MR) is 90.1 cm³/mol. The number of halogens is 1. The zero-order valence-electron chi connectivity index (χ0n) is 13.2. The maximum atomic E-state index is 5.25. The second kappa shape index (κ2) is 6.52. The summed E-state index contributed by atoms with van der Waals surface area (Å²) in [7, 11) is 1.67. The molecular weight excluding hydrogens is 330 g/mol. The van der Waals surface area contributed by atoms with Crippen molar-refractivity contribution in [2.45, 2.75) is 40.3 Å². The Kier molecular flexibility index (Phi) is 4.93. The van der Waals surface area contributed by atoms with E-state index in [0.717, 1.165) is 28.1 Å². The Morgan fingerprint density at radius 2 is 2.05 bits per heavy atom. The quantitative estimate of drug-likeness (QED) is 0.863. The fraction of sp³-hybridized carbons (Fsp3) is 0.438. The molecule has 0 aliphatic rings. The van der Waals surface area contributed by atoms with E-state index >= 15 is 0 Å². The van der Waals surface area contributed by atoms with Gasteiger partial charge in [-0.2, -0.15) is 5.10 Å². The molecule has 0 bridgehead atoms. The Hall–Kier alpha value is -1.49. The number of ether oxygens (including phenoxy) is 1. The van der Waals surface area contributed by atoms with Gasteiger partial charge in [0.05, 0.1) is 28.7 Å². The van der Waals surface area contributed by atoms with E-state index in [4.69, 9.17) is 4.74 Å². The third-order valence-corrected chi connectivity index (χ3v) is 4.12. The summed E-state index contributed by atoms with van der Waals surface area (Å²) < 4.78 is 8.28. The number of hydrogen-bond acceptors (Lipinski definition) is 3. The number of rotatable bonds is 5. The molecule has 0 spiro atoms. The first-order chi connectivity index (χ1) is 9.93. The highest BCUT2D eigenvalue weighted by Gasteiger charge is 2.13. The van der Waals surface area contributed by atoms with E-state index in [1.807, 2.05) is 13.0 Å². The Morgan fingerprint density at radius 1 is 1.33 bits per heavy atom. The van der Waals surface area contributed by atoms with Crippen molar-refractivity contribution in [1.29, 1.82) is 0 Å². The van der Waals surface area contributed by atoms with Crippen molar-refractivity contribution in [3.8, 4) is 5.75 Å². The topological polar surface area (TPSA) is 39.1 Å². The fourth-order valence-corrected chi connectivity index (χ4v) is 3.02. The minimum atomic E-state index is 0.370. The van der Waals surface area contributed by atoms with Crippen LogP contribution in [-0.4, -0.2) is 16.9 Å². The van der Waals surface area contributed by atoms with Crippen LogP contribution >= 0.6 is 15.9 Å². The molecule has 114 valence electrons. The molecule has 0 saturated heterocycles. The highest BCUT2D eigenvalue weighted by atomic mass is 79.9. The number of benzene rings is 1. The molecule has 1 heterocycles. The van der Waals surface area contributed by atoms with Crippen LogP contribution in [0.5, 0.6) is 5.75 Å². The number of anilines is 1. The van der Waals surface area contributed by atoms with E-state index < -0.39 is 0 Å². The Bertz CT molecular complexity index is 635. The van der Waals surface area contributed by atoms with Crippen molar-refractivity contribution in [3.63, 3.8) is 0 Å². The first kappa shape index (κ1) is 15.9. The second-order valence-corrected chi connectivity index (χ2v) is 6.26. The van der Waals surface area contributed by atoms with E-state index in [2.05, 4.69) is 63.9 Å². The predicted octanol–water partition coefficient (Wildman–Crippen LogP) is 4.46. The number of aryl methyl sites for hydroxylation is 1. The van der Waals surface area contributed by atoms with Crippen molar-refractivity contribution < 1.29 is 4.74 Å². The van der Waals surface area contributed by atoms with Gasteiger partial charge in [-0.3, -0.25) is 4.68 Å². The van der Waals surface area contributed by atoms with Gasteiger partial charge in [0.1, 0.15) is 5.75 Å². The maximum absolute atomic E-state index is 5.25. The highest BCUT2D eigenvalue weighted by molar-refractivity contribution is 9.10. The van der Waals surface area contributed by atoms with Crippen LogP contribution in [0.25, 0.3) is 0 Å². The number of aromatic nitrogens is 2. The molecule has 0 fully saturated rings. The Balaban J connectivity index is 2.15. The third-order valence-electron chi connectivity index (χ3n) is 3.50. The summed E-state index contributed by atoms with van der Waals surface area (Å²) >= 11 is 3.52. The first-order valence-electron chi connectivity index (χ1n) is 7.06. The molecule has 2 rings (SSSR count). The van der Waals surface area contributed by atoms with Crippen LogP contribution in [0.15, 0.2) is 22.7 Å². The van der Waals surface area contributed by atoms with Crippen molar-refractivity contribution in [2.24, 2.45) is 0 Å². The van der Waals surface area contributed by atoms with Crippen molar-refractivity contribution in [3.05, 3.63) is 39.6 Å². The van der Waals surface area contributed by atoms with Crippen molar-refractivity contribution >= 4 is 21.6 Å². The molecule has 2 aromatic rings. The minimum absolute atomic E-state index is 0.370. The number of hydrogen-bond donors (Lipinski definition) is 1. The summed E-state index contributed by atoms with van der Waals surface area (Å²) in [6.45, 7) is 9.19. The van der Waals surface area contributed by atoms with Gasteiger partial charge in [0.25, 0.3) is 0 Å². The van der Waals surface area contributed by atoms with Gasteiger partial charge in [0.2, 0.25) is 0 Å². The largest absolute Gasteiger partial charge is 0.496 e. The zero-order chi connectivity index (χ0) is 15.6. The summed E-state index contributed by atoms with van der Waals surface area (Å²) in [5.41, 5.74) is 4.53. The van der Waals surface area contributed by atoms with Crippen molar-refractivity contribution in [2.75, 3.05) is 12.4 Å². The average molecular weight is 352 g/mol. The van der Waals surface area contributed by atoms with Gasteiger partial charge >= 0.3 is 0 Å². The number of nitrogens with one attached hydrogen (secondary N) is 1. The summed E-state index contributed by atoms with van der Waals surface area (Å²) in [4.78, 5) is 0. The lowest BCUT2D eigenvalue weighted by Gasteiger charge is -2.11. The van der Waals surface area contributed by atoms with E-state index in [1.165, 1.54) is 11.3 Å². The van der Waals surface area contributed by atoms with Crippen LogP contribution in [0.1, 0.15) is 36.8 Å². The van der Waals surface area contributed by atoms with E-state index in [-0.39, 0.29) is 0 Å². The molecular formula is C16H22BrN3O. The molecule has 0 aliphatic heterocycles. The third kappa shape index (κ3) is 3.40. The standard InChI is InChI=1S/C16H22BrN3O/c1-10(2)20-12(4)16(11(3)19-20)18-9-13-6-7-15(21-5)14(17)8-13/h6-8,10,18H,9H2,1-5H3. The lowest BCUT2D eigenvalue weighted by Crippen LogP contribution is -2.06. The van der Waals surface area contributed by atoms with Crippen molar-refractivity contribution in [1.82, 2.24) is 9.78 Å².